The Kier molecular flexibility index (Phi) is 9.11. The Hall–Kier alpha value is -1.64. The Morgan fingerprint density at radius 1 is 1.10 bits per heavy atom. The zero-order valence-corrected chi connectivity index (χ0v) is 17.2. The lowest BCUT2D eigenvalue weighted by atomic mass is 9.89. The molecule has 0 amide bonds. The number of alkyl halides is 4. The molecule has 9 heteroatoms. The molecule has 29 heavy (non-hydrogen) atoms. The lowest BCUT2D eigenvalue weighted by Crippen LogP contribution is -2.60. The SMILES string of the molecule is C=C(C)C(C)(F)CCOCC(OC(=O)C1CCCCC1)(C(=O)OCC)C(F)(F)F. The van der Waals surface area contributed by atoms with Crippen LogP contribution in [0, 0.1) is 5.92 Å². The first-order valence-corrected chi connectivity index (χ1v) is 9.77. The van der Waals surface area contributed by atoms with Crippen molar-refractivity contribution >= 4 is 11.9 Å². The third-order valence-electron chi connectivity index (χ3n) is 5.19. The molecule has 0 aromatic rings. The highest BCUT2D eigenvalue weighted by Crippen LogP contribution is 2.38. The van der Waals surface area contributed by atoms with Crippen molar-refractivity contribution in [3.63, 3.8) is 0 Å². The van der Waals surface area contributed by atoms with Gasteiger partial charge in [0.1, 0.15) is 12.3 Å². The van der Waals surface area contributed by atoms with Crippen molar-refractivity contribution in [1.29, 1.82) is 0 Å². The predicted molar refractivity (Wildman–Crippen MR) is 97.8 cm³/mol. The normalized spacial score (nSPS) is 19.7. The fourth-order valence-electron chi connectivity index (χ4n) is 2.92. The highest BCUT2D eigenvalue weighted by atomic mass is 19.4. The first-order valence-electron chi connectivity index (χ1n) is 9.77. The molecular weight excluding hydrogens is 396 g/mol. The minimum absolute atomic E-state index is 0.192. The molecule has 1 aliphatic carbocycles. The first-order chi connectivity index (χ1) is 13.4. The summed E-state index contributed by atoms with van der Waals surface area (Å²) in [7, 11) is 0. The van der Waals surface area contributed by atoms with E-state index < -0.39 is 48.5 Å². The summed E-state index contributed by atoms with van der Waals surface area (Å²) in [6, 6.07) is 0. The summed E-state index contributed by atoms with van der Waals surface area (Å²) in [6.45, 7) is 5.42. The average Bonchev–Trinajstić information content (AvgIpc) is 2.63. The van der Waals surface area contributed by atoms with Crippen LogP contribution in [0.2, 0.25) is 0 Å². The molecule has 0 spiro atoms. The van der Waals surface area contributed by atoms with Gasteiger partial charge < -0.3 is 14.2 Å². The highest BCUT2D eigenvalue weighted by molar-refractivity contribution is 5.85. The number of hydrogen-bond donors (Lipinski definition) is 0. The van der Waals surface area contributed by atoms with E-state index in [1.807, 2.05) is 0 Å². The van der Waals surface area contributed by atoms with Crippen molar-refractivity contribution in [3.8, 4) is 0 Å². The van der Waals surface area contributed by atoms with Crippen LogP contribution in [0.15, 0.2) is 12.2 Å². The van der Waals surface area contributed by atoms with Crippen molar-refractivity contribution in [2.75, 3.05) is 19.8 Å². The quantitative estimate of drug-likeness (QED) is 0.220. The van der Waals surface area contributed by atoms with Gasteiger partial charge in [0.2, 0.25) is 0 Å². The van der Waals surface area contributed by atoms with Gasteiger partial charge in [-0.2, -0.15) is 13.2 Å². The zero-order valence-electron chi connectivity index (χ0n) is 17.2. The molecule has 0 aromatic heterocycles. The van der Waals surface area contributed by atoms with E-state index in [0.717, 1.165) is 6.42 Å². The monoisotopic (exact) mass is 426 g/mol. The van der Waals surface area contributed by atoms with E-state index in [1.54, 1.807) is 0 Å². The summed E-state index contributed by atoms with van der Waals surface area (Å²) in [5, 5.41) is 0. The lowest BCUT2D eigenvalue weighted by Gasteiger charge is -2.34. The van der Waals surface area contributed by atoms with E-state index in [0.29, 0.717) is 25.7 Å². The van der Waals surface area contributed by atoms with Crippen LogP contribution in [-0.4, -0.2) is 49.2 Å². The van der Waals surface area contributed by atoms with Gasteiger partial charge in [0.15, 0.2) is 0 Å². The Bertz CT molecular complexity index is 582. The Morgan fingerprint density at radius 3 is 2.17 bits per heavy atom. The number of halogens is 4. The largest absolute Gasteiger partial charge is 0.463 e. The molecule has 0 bridgehead atoms. The molecule has 1 fully saturated rings. The third kappa shape index (κ3) is 6.69. The number of hydrogen-bond acceptors (Lipinski definition) is 5. The Morgan fingerprint density at radius 2 is 1.69 bits per heavy atom. The number of allylic oxidation sites excluding steroid dienone is 1. The molecule has 0 saturated heterocycles. The summed E-state index contributed by atoms with van der Waals surface area (Å²) >= 11 is 0. The molecule has 5 nitrogen and oxygen atoms in total. The zero-order chi connectivity index (χ0) is 22.3. The minimum atomic E-state index is -5.27. The van der Waals surface area contributed by atoms with Gasteiger partial charge in [-0.05, 0) is 39.2 Å². The van der Waals surface area contributed by atoms with Crippen LogP contribution in [0.1, 0.15) is 59.3 Å². The molecule has 1 rings (SSSR count). The van der Waals surface area contributed by atoms with E-state index in [2.05, 4.69) is 11.3 Å². The van der Waals surface area contributed by atoms with Crippen LogP contribution in [0.4, 0.5) is 17.6 Å². The molecule has 168 valence electrons. The average molecular weight is 426 g/mol. The van der Waals surface area contributed by atoms with Gasteiger partial charge in [-0.15, -0.1) is 0 Å². The van der Waals surface area contributed by atoms with Crippen LogP contribution in [0.3, 0.4) is 0 Å². The second kappa shape index (κ2) is 10.4. The topological polar surface area (TPSA) is 61.8 Å². The van der Waals surface area contributed by atoms with E-state index >= 15 is 0 Å². The van der Waals surface area contributed by atoms with Gasteiger partial charge in [-0.1, -0.05) is 25.8 Å². The van der Waals surface area contributed by atoms with E-state index in [4.69, 9.17) is 9.47 Å². The summed E-state index contributed by atoms with van der Waals surface area (Å²) in [5.74, 6) is -3.56. The molecule has 0 aliphatic heterocycles. The van der Waals surface area contributed by atoms with Gasteiger partial charge in [0, 0.05) is 6.42 Å². The molecular formula is C20H30F4O5. The van der Waals surface area contributed by atoms with Crippen molar-refractivity contribution in [2.45, 2.75) is 76.7 Å². The number of esters is 2. The lowest BCUT2D eigenvalue weighted by molar-refractivity contribution is -0.284. The van der Waals surface area contributed by atoms with Gasteiger partial charge in [-0.25, -0.2) is 9.18 Å². The van der Waals surface area contributed by atoms with Crippen molar-refractivity contribution in [3.05, 3.63) is 12.2 Å². The maximum Gasteiger partial charge on any atom is 0.442 e. The fourth-order valence-corrected chi connectivity index (χ4v) is 2.92. The maximum atomic E-state index is 14.2. The van der Waals surface area contributed by atoms with Crippen molar-refractivity contribution < 1.29 is 41.4 Å². The molecule has 1 aliphatic rings. The van der Waals surface area contributed by atoms with Gasteiger partial charge in [-0.3, -0.25) is 4.79 Å². The minimum Gasteiger partial charge on any atom is -0.463 e. The van der Waals surface area contributed by atoms with E-state index in [1.165, 1.54) is 20.8 Å². The Labute approximate surface area is 168 Å². The van der Waals surface area contributed by atoms with Crippen LogP contribution in [0.25, 0.3) is 0 Å². The third-order valence-corrected chi connectivity index (χ3v) is 5.19. The number of carbonyl (C=O) groups is 2. The summed E-state index contributed by atoms with van der Waals surface area (Å²) < 4.78 is 70.3. The van der Waals surface area contributed by atoms with Crippen molar-refractivity contribution in [2.24, 2.45) is 5.92 Å². The summed E-state index contributed by atoms with van der Waals surface area (Å²) in [6.07, 6.45) is -2.45. The number of ether oxygens (including phenoxy) is 3. The van der Waals surface area contributed by atoms with Crippen LogP contribution < -0.4 is 0 Å². The van der Waals surface area contributed by atoms with Gasteiger partial charge in [0.05, 0.1) is 19.1 Å². The standard InChI is InChI=1S/C20H30F4O5/c1-5-28-17(26)19(20(22,23)24,13-27-12-11-18(4,21)14(2)3)29-16(25)15-9-7-6-8-10-15/h15H,2,5-13H2,1,3-4H3. The van der Waals surface area contributed by atoms with E-state index in [-0.39, 0.29) is 18.6 Å². The molecule has 0 aromatic carbocycles. The highest BCUT2D eigenvalue weighted by Gasteiger charge is 2.66. The van der Waals surface area contributed by atoms with Crippen molar-refractivity contribution in [1.82, 2.24) is 0 Å². The fraction of sp³-hybridized carbons (Fsp3) is 0.800. The predicted octanol–water partition coefficient (Wildman–Crippen LogP) is 4.69. The molecule has 2 atom stereocenters. The number of rotatable bonds is 10. The number of carbonyl (C=O) groups excluding carboxylic acids is 2. The van der Waals surface area contributed by atoms with Crippen LogP contribution in [-0.2, 0) is 23.8 Å². The second-order valence-electron chi connectivity index (χ2n) is 7.58. The smallest absolute Gasteiger partial charge is 0.442 e. The second-order valence-corrected chi connectivity index (χ2v) is 7.58. The van der Waals surface area contributed by atoms with Gasteiger partial charge in [0.25, 0.3) is 0 Å². The molecule has 0 heterocycles. The first kappa shape index (κ1) is 25.4. The van der Waals surface area contributed by atoms with Crippen LogP contribution in [0.5, 0.6) is 0 Å². The maximum absolute atomic E-state index is 14.2. The molecule has 1 saturated carbocycles. The molecule has 0 radical (unpaired) electrons. The summed E-state index contributed by atoms with van der Waals surface area (Å²) in [5.41, 5.74) is -5.24. The molecule has 2 unspecified atom stereocenters. The van der Waals surface area contributed by atoms with Gasteiger partial charge >= 0.3 is 23.7 Å². The van der Waals surface area contributed by atoms with E-state index in [9.17, 15) is 27.2 Å². The van der Waals surface area contributed by atoms with Crippen LogP contribution >= 0.6 is 0 Å². The Balaban J connectivity index is 3.00. The molecule has 0 N–H and O–H groups in total. The summed E-state index contributed by atoms with van der Waals surface area (Å²) in [4.78, 5) is 24.6.